The maximum Gasteiger partial charge on any atom is 0.119 e. The fraction of sp³-hybridized carbons (Fsp3) is 0.600. The number of benzene rings is 1. The van der Waals surface area contributed by atoms with Gasteiger partial charge in [-0.1, -0.05) is 0 Å². The molecule has 4 nitrogen and oxygen atoms in total. The Hall–Kier alpha value is -1.52. The molecule has 128 valence electrons. The Labute approximate surface area is 143 Å². The lowest BCUT2D eigenvalue weighted by Crippen LogP contribution is -2.37. The summed E-state index contributed by atoms with van der Waals surface area (Å²) in [7, 11) is 3.58. The summed E-state index contributed by atoms with van der Waals surface area (Å²) < 4.78 is 10.8. The molecule has 2 aliphatic heterocycles. The number of ether oxygens (including phenoxy) is 2. The Morgan fingerprint density at radius 2 is 2.21 bits per heavy atom. The summed E-state index contributed by atoms with van der Waals surface area (Å²) in [5.41, 5.74) is 4.32. The lowest BCUT2D eigenvalue weighted by molar-refractivity contribution is 0.157. The second kappa shape index (κ2) is 5.50. The van der Waals surface area contributed by atoms with Crippen molar-refractivity contribution < 1.29 is 9.47 Å². The molecule has 3 aliphatic rings. The van der Waals surface area contributed by atoms with Gasteiger partial charge in [0.25, 0.3) is 0 Å². The first-order valence-corrected chi connectivity index (χ1v) is 9.21. The molecule has 1 aliphatic carbocycles. The van der Waals surface area contributed by atoms with E-state index in [-0.39, 0.29) is 0 Å². The number of rotatable bonds is 4. The van der Waals surface area contributed by atoms with Crippen molar-refractivity contribution in [3.8, 4) is 5.75 Å². The summed E-state index contributed by atoms with van der Waals surface area (Å²) >= 11 is 0. The second-order valence-electron chi connectivity index (χ2n) is 7.71. The van der Waals surface area contributed by atoms with Gasteiger partial charge in [0.15, 0.2) is 0 Å². The molecule has 1 aromatic carbocycles. The highest BCUT2D eigenvalue weighted by Crippen LogP contribution is 2.54. The smallest absolute Gasteiger partial charge is 0.119 e. The third-order valence-electron chi connectivity index (χ3n) is 6.73. The normalized spacial score (nSPS) is 31.4. The third-order valence-corrected chi connectivity index (χ3v) is 6.73. The van der Waals surface area contributed by atoms with Crippen LogP contribution in [0.5, 0.6) is 5.75 Å². The summed E-state index contributed by atoms with van der Waals surface area (Å²) in [6.45, 7) is 3.38. The molecule has 0 unspecified atom stereocenters. The summed E-state index contributed by atoms with van der Waals surface area (Å²) in [5.74, 6) is 3.28. The Kier molecular flexibility index (Phi) is 3.39. The van der Waals surface area contributed by atoms with Gasteiger partial charge < -0.3 is 14.5 Å². The predicted molar refractivity (Wildman–Crippen MR) is 94.7 cm³/mol. The van der Waals surface area contributed by atoms with E-state index in [1.807, 2.05) is 7.11 Å². The Morgan fingerprint density at radius 1 is 1.29 bits per heavy atom. The minimum absolute atomic E-state index is 0.668. The van der Waals surface area contributed by atoms with Crippen LogP contribution in [0.25, 0.3) is 10.9 Å². The van der Waals surface area contributed by atoms with E-state index in [2.05, 4.69) is 28.1 Å². The predicted octanol–water partition coefficient (Wildman–Crippen LogP) is 3.17. The third kappa shape index (κ3) is 1.99. The lowest BCUT2D eigenvalue weighted by Gasteiger charge is -2.31. The first kappa shape index (κ1) is 14.8. The number of fused-ring (bicyclic) bond motifs is 5. The molecule has 2 bridgehead atoms. The van der Waals surface area contributed by atoms with Crippen LogP contribution in [0.3, 0.4) is 0 Å². The number of hydrogen-bond acceptors (Lipinski definition) is 3. The maximum atomic E-state index is 5.45. The van der Waals surface area contributed by atoms with E-state index < -0.39 is 0 Å². The van der Waals surface area contributed by atoms with Crippen molar-refractivity contribution in [2.75, 3.05) is 33.9 Å². The number of nitrogens with one attached hydrogen (secondary N) is 1. The number of hydrogen-bond donors (Lipinski definition) is 1. The molecule has 0 spiro atoms. The molecular weight excluding hydrogens is 300 g/mol. The van der Waals surface area contributed by atoms with Crippen LogP contribution in [-0.2, 0) is 11.2 Å². The van der Waals surface area contributed by atoms with Gasteiger partial charge in [0.2, 0.25) is 0 Å². The first-order valence-electron chi connectivity index (χ1n) is 9.21. The zero-order chi connectivity index (χ0) is 16.3. The maximum absolute atomic E-state index is 5.45. The highest BCUT2D eigenvalue weighted by Gasteiger charge is 2.54. The number of methoxy groups -OCH3 is 2. The quantitative estimate of drug-likeness (QED) is 0.938. The molecule has 4 heteroatoms. The van der Waals surface area contributed by atoms with Crippen molar-refractivity contribution in [2.24, 2.45) is 11.8 Å². The molecule has 2 aromatic rings. The highest BCUT2D eigenvalue weighted by molar-refractivity contribution is 5.86. The van der Waals surface area contributed by atoms with E-state index in [4.69, 9.17) is 9.47 Å². The van der Waals surface area contributed by atoms with Crippen LogP contribution in [0, 0.1) is 11.8 Å². The SMILES string of the molecule is COCC[C@@H]1[C@@H]2C[C@H]3c4[nH]c5ccc(OC)cc5c4CCN(C2)[C@@H]13. The Bertz CT molecular complexity index is 768. The largest absolute Gasteiger partial charge is 0.497 e. The molecule has 24 heavy (non-hydrogen) atoms. The molecule has 3 heterocycles. The standard InChI is InChI=1S/C20H26N2O2/c1-23-8-6-14-12-9-17-19-15(5-7-22(11-12)20(14)17)16-10-13(24-2)3-4-18(16)21-19/h3-4,10,12,14,17,20-21H,5-9,11H2,1-2H3/t12-,14-,17+,20+/m1/s1. The summed E-state index contributed by atoms with van der Waals surface area (Å²) in [6.07, 6.45) is 3.70. The van der Waals surface area contributed by atoms with E-state index in [1.165, 1.54) is 48.1 Å². The molecule has 1 aromatic heterocycles. The second-order valence-corrected chi connectivity index (χ2v) is 7.71. The average Bonchev–Trinajstić information content (AvgIpc) is 3.24. The van der Waals surface area contributed by atoms with Crippen molar-refractivity contribution in [2.45, 2.75) is 31.2 Å². The minimum Gasteiger partial charge on any atom is -0.497 e. The first-order chi connectivity index (χ1) is 11.8. The van der Waals surface area contributed by atoms with Crippen molar-refractivity contribution in [3.63, 3.8) is 0 Å². The summed E-state index contributed by atoms with van der Waals surface area (Å²) in [6, 6.07) is 7.16. The lowest BCUT2D eigenvalue weighted by atomic mass is 9.92. The van der Waals surface area contributed by atoms with E-state index in [1.54, 1.807) is 7.11 Å². The minimum atomic E-state index is 0.668. The van der Waals surface area contributed by atoms with Gasteiger partial charge in [-0.2, -0.15) is 0 Å². The highest BCUT2D eigenvalue weighted by atomic mass is 16.5. The van der Waals surface area contributed by atoms with E-state index in [9.17, 15) is 0 Å². The zero-order valence-electron chi connectivity index (χ0n) is 14.5. The summed E-state index contributed by atoms with van der Waals surface area (Å²) in [4.78, 5) is 6.55. The van der Waals surface area contributed by atoms with E-state index in [0.717, 1.165) is 30.6 Å². The fourth-order valence-corrected chi connectivity index (χ4v) is 5.78. The van der Waals surface area contributed by atoms with Crippen molar-refractivity contribution >= 4 is 10.9 Å². The van der Waals surface area contributed by atoms with Gasteiger partial charge >= 0.3 is 0 Å². The van der Waals surface area contributed by atoms with Crippen molar-refractivity contribution in [1.29, 1.82) is 0 Å². The van der Waals surface area contributed by atoms with Gasteiger partial charge in [-0.25, -0.2) is 0 Å². The van der Waals surface area contributed by atoms with Gasteiger partial charge in [-0.05, 0) is 54.9 Å². The van der Waals surface area contributed by atoms with E-state index >= 15 is 0 Å². The fourth-order valence-electron chi connectivity index (χ4n) is 5.78. The van der Waals surface area contributed by atoms with Gasteiger partial charge in [0.1, 0.15) is 5.75 Å². The van der Waals surface area contributed by atoms with Crippen LogP contribution in [0.1, 0.15) is 30.0 Å². The van der Waals surface area contributed by atoms with Gasteiger partial charge in [-0.15, -0.1) is 0 Å². The number of nitrogens with zero attached hydrogens (tertiary/aromatic N) is 1. The van der Waals surface area contributed by atoms with Gasteiger partial charge in [0, 0.05) is 55.4 Å². The van der Waals surface area contributed by atoms with Gasteiger partial charge in [0.05, 0.1) is 7.11 Å². The van der Waals surface area contributed by atoms with Crippen LogP contribution in [0.2, 0.25) is 0 Å². The number of aromatic amines is 1. The molecule has 1 saturated carbocycles. The molecule has 0 radical (unpaired) electrons. The summed E-state index contributed by atoms with van der Waals surface area (Å²) in [5, 5.41) is 1.36. The van der Waals surface area contributed by atoms with Crippen LogP contribution in [-0.4, -0.2) is 49.8 Å². The number of aromatic nitrogens is 1. The topological polar surface area (TPSA) is 37.5 Å². The van der Waals surface area contributed by atoms with Crippen LogP contribution in [0.15, 0.2) is 18.2 Å². The van der Waals surface area contributed by atoms with Crippen LogP contribution < -0.4 is 4.74 Å². The molecule has 1 N–H and O–H groups in total. The molecule has 1 saturated heterocycles. The monoisotopic (exact) mass is 326 g/mol. The van der Waals surface area contributed by atoms with Crippen LogP contribution >= 0.6 is 0 Å². The molecule has 2 fully saturated rings. The molecule has 4 atom stereocenters. The van der Waals surface area contributed by atoms with Crippen molar-refractivity contribution in [3.05, 3.63) is 29.5 Å². The van der Waals surface area contributed by atoms with E-state index in [0.29, 0.717) is 12.0 Å². The molecule has 5 rings (SSSR count). The number of piperidine rings is 1. The Morgan fingerprint density at radius 3 is 3.04 bits per heavy atom. The average molecular weight is 326 g/mol. The molecule has 0 amide bonds. The van der Waals surface area contributed by atoms with Crippen LogP contribution in [0.4, 0.5) is 0 Å². The Balaban J connectivity index is 1.57. The number of H-pyrrole nitrogens is 1. The van der Waals surface area contributed by atoms with Crippen molar-refractivity contribution in [1.82, 2.24) is 9.88 Å². The zero-order valence-corrected chi connectivity index (χ0v) is 14.5. The van der Waals surface area contributed by atoms with Gasteiger partial charge in [-0.3, -0.25) is 4.90 Å². The molecular formula is C20H26N2O2.